The molecule has 0 saturated heterocycles. The van der Waals surface area contributed by atoms with Gasteiger partial charge in [0, 0.05) is 6.54 Å². The van der Waals surface area contributed by atoms with Crippen molar-refractivity contribution >= 4 is 39.1 Å². The molecule has 0 aromatic heterocycles. The van der Waals surface area contributed by atoms with Crippen LogP contribution in [0.25, 0.3) is 0 Å². The van der Waals surface area contributed by atoms with Crippen LogP contribution in [0.4, 0.5) is 5.69 Å². The first-order valence-electron chi connectivity index (χ1n) is 7.05. The molecule has 0 radical (unpaired) electrons. The summed E-state index contributed by atoms with van der Waals surface area (Å²) in [6.07, 6.45) is 0. The van der Waals surface area contributed by atoms with Crippen LogP contribution in [0.5, 0.6) is 5.75 Å². The fraction of sp³-hybridized carbons (Fsp3) is 0.235. The Kier molecular flexibility index (Phi) is 6.45. The molecule has 6 heteroatoms. The SMILES string of the molecule is COc1ccc(CN(C)CC(=O)Nc2ccccc2Cl)cc1Br. The molecule has 2 aromatic rings. The van der Waals surface area contributed by atoms with Crippen molar-refractivity contribution in [3.63, 3.8) is 0 Å². The number of halogens is 2. The van der Waals surface area contributed by atoms with Crippen molar-refractivity contribution in [2.24, 2.45) is 0 Å². The minimum atomic E-state index is -0.104. The van der Waals surface area contributed by atoms with Gasteiger partial charge in [-0.1, -0.05) is 29.8 Å². The summed E-state index contributed by atoms with van der Waals surface area (Å²) in [5, 5.41) is 3.34. The van der Waals surface area contributed by atoms with Gasteiger partial charge in [0.1, 0.15) is 5.75 Å². The third kappa shape index (κ3) is 5.23. The minimum Gasteiger partial charge on any atom is -0.496 e. The molecule has 0 fully saturated rings. The average Bonchev–Trinajstić information content (AvgIpc) is 2.49. The number of hydrogen-bond acceptors (Lipinski definition) is 3. The second kappa shape index (κ2) is 8.34. The first-order valence-corrected chi connectivity index (χ1v) is 8.22. The molecule has 0 aliphatic rings. The molecule has 0 unspecified atom stereocenters. The molecule has 0 aliphatic carbocycles. The molecule has 0 atom stereocenters. The third-order valence-corrected chi connectivity index (χ3v) is 4.18. The maximum absolute atomic E-state index is 12.1. The maximum Gasteiger partial charge on any atom is 0.238 e. The van der Waals surface area contributed by atoms with E-state index in [1.54, 1.807) is 19.2 Å². The molecule has 4 nitrogen and oxygen atoms in total. The van der Waals surface area contributed by atoms with Gasteiger partial charge in [0.25, 0.3) is 0 Å². The number of rotatable bonds is 6. The normalized spacial score (nSPS) is 10.7. The predicted molar refractivity (Wildman–Crippen MR) is 97.1 cm³/mol. The second-order valence-corrected chi connectivity index (χ2v) is 6.43. The van der Waals surface area contributed by atoms with E-state index < -0.39 is 0 Å². The van der Waals surface area contributed by atoms with Gasteiger partial charge in [-0.3, -0.25) is 9.69 Å². The fourth-order valence-electron chi connectivity index (χ4n) is 2.17. The number of benzene rings is 2. The number of nitrogens with zero attached hydrogens (tertiary/aromatic N) is 1. The Morgan fingerprint density at radius 1 is 1.30 bits per heavy atom. The lowest BCUT2D eigenvalue weighted by atomic mass is 10.2. The summed E-state index contributed by atoms with van der Waals surface area (Å²) >= 11 is 9.50. The lowest BCUT2D eigenvalue weighted by Crippen LogP contribution is -2.29. The molecular formula is C17H18BrClN2O2. The van der Waals surface area contributed by atoms with Crippen molar-refractivity contribution in [1.29, 1.82) is 0 Å². The smallest absolute Gasteiger partial charge is 0.238 e. The highest BCUT2D eigenvalue weighted by molar-refractivity contribution is 9.10. The molecule has 0 spiro atoms. The maximum atomic E-state index is 12.1. The summed E-state index contributed by atoms with van der Waals surface area (Å²) < 4.78 is 6.10. The first-order chi connectivity index (χ1) is 11.0. The molecular weight excluding hydrogens is 380 g/mol. The van der Waals surface area contributed by atoms with Gasteiger partial charge in [0.15, 0.2) is 0 Å². The summed E-state index contributed by atoms with van der Waals surface area (Å²) in [5.41, 5.74) is 1.71. The van der Waals surface area contributed by atoms with Crippen molar-refractivity contribution in [3.05, 3.63) is 57.5 Å². The molecule has 0 bridgehead atoms. The highest BCUT2D eigenvalue weighted by Gasteiger charge is 2.10. The van der Waals surface area contributed by atoms with Crippen molar-refractivity contribution in [1.82, 2.24) is 4.90 Å². The molecule has 1 amide bonds. The van der Waals surface area contributed by atoms with E-state index in [0.717, 1.165) is 15.8 Å². The Hall–Kier alpha value is -1.56. The van der Waals surface area contributed by atoms with Gasteiger partial charge in [-0.25, -0.2) is 0 Å². The summed E-state index contributed by atoms with van der Waals surface area (Å²) in [7, 11) is 3.52. The van der Waals surface area contributed by atoms with Crippen LogP contribution in [0, 0.1) is 0 Å². The lowest BCUT2D eigenvalue weighted by molar-refractivity contribution is -0.117. The van der Waals surface area contributed by atoms with Crippen LogP contribution >= 0.6 is 27.5 Å². The quantitative estimate of drug-likeness (QED) is 0.795. The molecule has 2 rings (SSSR count). The highest BCUT2D eigenvalue weighted by Crippen LogP contribution is 2.26. The Morgan fingerprint density at radius 2 is 2.04 bits per heavy atom. The van der Waals surface area contributed by atoms with Crippen molar-refractivity contribution in [2.75, 3.05) is 26.0 Å². The fourth-order valence-corrected chi connectivity index (χ4v) is 2.94. The average molecular weight is 398 g/mol. The largest absolute Gasteiger partial charge is 0.496 e. The van der Waals surface area contributed by atoms with E-state index in [2.05, 4.69) is 21.2 Å². The standard InChI is InChI=1S/C17H18BrClN2O2/c1-21(10-12-7-8-16(23-2)13(18)9-12)11-17(22)20-15-6-4-3-5-14(15)19/h3-9H,10-11H2,1-2H3,(H,20,22). The molecule has 23 heavy (non-hydrogen) atoms. The van der Waals surface area contributed by atoms with Crippen molar-refractivity contribution < 1.29 is 9.53 Å². The van der Waals surface area contributed by atoms with Gasteiger partial charge < -0.3 is 10.1 Å². The van der Waals surface area contributed by atoms with Gasteiger partial charge in [-0.2, -0.15) is 0 Å². The third-order valence-electron chi connectivity index (χ3n) is 3.23. The van der Waals surface area contributed by atoms with Crippen LogP contribution in [0.3, 0.4) is 0 Å². The van der Waals surface area contributed by atoms with Gasteiger partial charge in [0.2, 0.25) is 5.91 Å². The molecule has 0 heterocycles. The number of likely N-dealkylation sites (N-methyl/N-ethyl adjacent to an activating group) is 1. The van der Waals surface area contributed by atoms with Crippen molar-refractivity contribution in [3.8, 4) is 5.75 Å². The lowest BCUT2D eigenvalue weighted by Gasteiger charge is -2.17. The van der Waals surface area contributed by atoms with Crippen LogP contribution < -0.4 is 10.1 Å². The van der Waals surface area contributed by atoms with E-state index in [-0.39, 0.29) is 12.5 Å². The summed E-state index contributed by atoms with van der Waals surface area (Å²) in [6.45, 7) is 0.924. The van der Waals surface area contributed by atoms with Crippen LogP contribution in [-0.4, -0.2) is 31.5 Å². The van der Waals surface area contributed by atoms with Gasteiger partial charge >= 0.3 is 0 Å². The Labute approximate surface area is 149 Å². The Bertz CT molecular complexity index is 694. The number of carbonyl (C=O) groups excluding carboxylic acids is 1. The number of methoxy groups -OCH3 is 1. The molecule has 2 aromatic carbocycles. The number of amides is 1. The van der Waals surface area contributed by atoms with Gasteiger partial charge in [-0.15, -0.1) is 0 Å². The van der Waals surface area contributed by atoms with E-state index in [1.807, 2.05) is 42.3 Å². The number of anilines is 1. The number of para-hydroxylation sites is 1. The topological polar surface area (TPSA) is 41.6 Å². The molecule has 0 saturated carbocycles. The number of nitrogens with one attached hydrogen (secondary N) is 1. The van der Waals surface area contributed by atoms with E-state index in [0.29, 0.717) is 17.3 Å². The number of hydrogen-bond donors (Lipinski definition) is 1. The summed E-state index contributed by atoms with van der Waals surface area (Å²) in [4.78, 5) is 14.0. The molecule has 0 aliphatic heterocycles. The van der Waals surface area contributed by atoms with E-state index in [4.69, 9.17) is 16.3 Å². The van der Waals surface area contributed by atoms with Crippen LogP contribution in [0.2, 0.25) is 5.02 Å². The van der Waals surface area contributed by atoms with Crippen LogP contribution in [-0.2, 0) is 11.3 Å². The van der Waals surface area contributed by atoms with Crippen LogP contribution in [0.15, 0.2) is 46.9 Å². The predicted octanol–water partition coefficient (Wildman–Crippen LogP) is 4.18. The van der Waals surface area contributed by atoms with Gasteiger partial charge in [-0.05, 0) is 52.8 Å². The molecule has 122 valence electrons. The number of ether oxygens (including phenoxy) is 1. The van der Waals surface area contributed by atoms with Crippen molar-refractivity contribution in [2.45, 2.75) is 6.54 Å². The van der Waals surface area contributed by atoms with Gasteiger partial charge in [0.05, 0.1) is 28.8 Å². The Balaban J connectivity index is 1.91. The highest BCUT2D eigenvalue weighted by atomic mass is 79.9. The zero-order chi connectivity index (χ0) is 16.8. The van der Waals surface area contributed by atoms with E-state index in [9.17, 15) is 4.79 Å². The monoisotopic (exact) mass is 396 g/mol. The number of carbonyl (C=O) groups is 1. The zero-order valence-electron chi connectivity index (χ0n) is 13.0. The first kappa shape index (κ1) is 17.8. The summed E-state index contributed by atoms with van der Waals surface area (Å²) in [6, 6.07) is 13.0. The second-order valence-electron chi connectivity index (χ2n) is 5.17. The summed E-state index contributed by atoms with van der Waals surface area (Å²) in [5.74, 6) is 0.682. The Morgan fingerprint density at radius 3 is 2.70 bits per heavy atom. The molecule has 1 N–H and O–H groups in total. The van der Waals surface area contributed by atoms with Crippen LogP contribution in [0.1, 0.15) is 5.56 Å². The van der Waals surface area contributed by atoms with E-state index >= 15 is 0 Å². The zero-order valence-corrected chi connectivity index (χ0v) is 15.3. The minimum absolute atomic E-state index is 0.104. The van der Waals surface area contributed by atoms with E-state index in [1.165, 1.54) is 0 Å².